The van der Waals surface area contributed by atoms with Gasteiger partial charge in [0, 0.05) is 30.3 Å². The fourth-order valence-electron chi connectivity index (χ4n) is 2.94. The van der Waals surface area contributed by atoms with Crippen LogP contribution in [0.4, 0.5) is 4.79 Å². The number of thiazole rings is 1. The molecule has 3 rings (SSSR count). The average molecular weight is 335 g/mol. The summed E-state index contributed by atoms with van der Waals surface area (Å²) in [7, 11) is 1.92. The molecule has 1 aliphatic heterocycles. The Morgan fingerprint density at radius 1 is 1.52 bits per heavy atom. The highest BCUT2D eigenvalue weighted by Gasteiger charge is 2.34. The van der Waals surface area contributed by atoms with Crippen molar-refractivity contribution in [1.82, 2.24) is 25.4 Å². The van der Waals surface area contributed by atoms with Crippen molar-refractivity contribution in [1.29, 1.82) is 0 Å². The van der Waals surface area contributed by atoms with E-state index in [1.807, 2.05) is 31.0 Å². The molecule has 2 atom stereocenters. The maximum Gasteiger partial charge on any atom is 0.315 e. The Kier molecular flexibility index (Phi) is 4.63. The molecule has 2 N–H and O–H groups in total. The molecule has 23 heavy (non-hydrogen) atoms. The predicted molar refractivity (Wildman–Crippen MR) is 87.3 cm³/mol. The summed E-state index contributed by atoms with van der Waals surface area (Å²) in [6, 6.07) is -0.246. The van der Waals surface area contributed by atoms with Gasteiger partial charge < -0.3 is 15.4 Å². The summed E-state index contributed by atoms with van der Waals surface area (Å²) in [5, 5.41) is 12.2. The lowest BCUT2D eigenvalue weighted by molar-refractivity contribution is 0.0988. The molecule has 0 bridgehead atoms. The Morgan fingerprint density at radius 3 is 3.00 bits per heavy atom. The van der Waals surface area contributed by atoms with E-state index in [4.69, 9.17) is 4.74 Å². The highest BCUT2D eigenvalue weighted by atomic mass is 32.1. The highest BCUT2D eigenvalue weighted by Crippen LogP contribution is 2.33. The van der Waals surface area contributed by atoms with Crippen LogP contribution in [0.25, 0.3) is 0 Å². The van der Waals surface area contributed by atoms with Crippen LogP contribution >= 0.6 is 11.3 Å². The second kappa shape index (κ2) is 6.67. The smallest absolute Gasteiger partial charge is 0.315 e. The molecule has 124 valence electrons. The quantitative estimate of drug-likeness (QED) is 0.893. The van der Waals surface area contributed by atoms with Gasteiger partial charge in [-0.25, -0.2) is 9.78 Å². The Bertz CT molecular complexity index is 682. The fraction of sp³-hybridized carbons (Fsp3) is 0.533. The zero-order chi connectivity index (χ0) is 16.4. The molecule has 2 aromatic rings. The van der Waals surface area contributed by atoms with Gasteiger partial charge >= 0.3 is 6.03 Å². The first-order chi connectivity index (χ1) is 11.1. The number of ether oxygens (including phenoxy) is 1. The molecule has 1 saturated heterocycles. The maximum atomic E-state index is 12.1. The molecule has 0 spiro atoms. The molecule has 0 unspecified atom stereocenters. The first kappa shape index (κ1) is 15.9. The van der Waals surface area contributed by atoms with Crippen molar-refractivity contribution in [2.24, 2.45) is 7.05 Å². The number of urea groups is 1. The maximum absolute atomic E-state index is 12.1. The molecular weight excluding hydrogens is 314 g/mol. The Balaban J connectivity index is 1.63. The molecular formula is C15H21N5O2S. The summed E-state index contributed by atoms with van der Waals surface area (Å²) in [4.78, 5) is 16.3. The normalized spacial score (nSPS) is 20.7. The van der Waals surface area contributed by atoms with Crippen molar-refractivity contribution >= 4 is 17.4 Å². The number of carbonyl (C=O) groups is 1. The molecule has 0 aliphatic carbocycles. The fourth-order valence-corrected chi connectivity index (χ4v) is 3.50. The van der Waals surface area contributed by atoms with Crippen molar-refractivity contribution in [3.05, 3.63) is 33.5 Å². The van der Waals surface area contributed by atoms with Gasteiger partial charge in [0.15, 0.2) is 0 Å². The molecule has 3 heterocycles. The zero-order valence-electron chi connectivity index (χ0n) is 13.5. The van der Waals surface area contributed by atoms with Crippen LogP contribution in [0.2, 0.25) is 0 Å². The van der Waals surface area contributed by atoms with Gasteiger partial charge in [-0.1, -0.05) is 0 Å². The van der Waals surface area contributed by atoms with Gasteiger partial charge in [0.25, 0.3) is 0 Å². The van der Waals surface area contributed by atoms with Crippen molar-refractivity contribution in [2.75, 3.05) is 6.61 Å². The van der Waals surface area contributed by atoms with Crippen LogP contribution in [0, 0.1) is 13.8 Å². The average Bonchev–Trinajstić information content (AvgIpc) is 3.21. The number of amides is 2. The molecule has 2 amide bonds. The summed E-state index contributed by atoms with van der Waals surface area (Å²) in [5.41, 5.74) is 5.72. The van der Waals surface area contributed by atoms with Crippen LogP contribution in [-0.4, -0.2) is 33.4 Å². The standard InChI is InChI=1S/C15H21N5O2S/c1-9-13(10(2)20(3)19-9)14-12(4-5-22-14)18-15(21)16-6-11-7-23-8-17-11/h7-8,12,14H,4-6H2,1-3H3,(H2,16,18,21)/t12-,14-/m0/s1. The third kappa shape index (κ3) is 3.37. The molecule has 1 fully saturated rings. The zero-order valence-corrected chi connectivity index (χ0v) is 14.3. The van der Waals surface area contributed by atoms with Crippen LogP contribution < -0.4 is 10.6 Å². The second-order valence-electron chi connectivity index (χ2n) is 5.70. The number of nitrogens with one attached hydrogen (secondary N) is 2. The minimum absolute atomic E-state index is 0.0490. The number of nitrogens with zero attached hydrogens (tertiary/aromatic N) is 3. The van der Waals surface area contributed by atoms with Gasteiger partial charge in [-0.2, -0.15) is 5.10 Å². The van der Waals surface area contributed by atoms with E-state index in [0.717, 1.165) is 29.1 Å². The Morgan fingerprint density at radius 2 is 2.35 bits per heavy atom. The van der Waals surface area contributed by atoms with E-state index in [0.29, 0.717) is 13.2 Å². The minimum Gasteiger partial charge on any atom is -0.371 e. The topological polar surface area (TPSA) is 81.1 Å². The summed E-state index contributed by atoms with van der Waals surface area (Å²) < 4.78 is 7.72. The van der Waals surface area contributed by atoms with Gasteiger partial charge in [0.2, 0.25) is 0 Å². The Hall–Kier alpha value is -1.93. The van der Waals surface area contributed by atoms with E-state index < -0.39 is 0 Å². The lowest BCUT2D eigenvalue weighted by Gasteiger charge is -2.20. The summed E-state index contributed by atoms with van der Waals surface area (Å²) in [6.07, 6.45) is 0.650. The monoisotopic (exact) mass is 335 g/mol. The summed E-state index contributed by atoms with van der Waals surface area (Å²) in [5.74, 6) is 0. The lowest BCUT2D eigenvalue weighted by atomic mass is 10.0. The van der Waals surface area contributed by atoms with Gasteiger partial charge in [0.05, 0.1) is 29.5 Å². The van der Waals surface area contributed by atoms with E-state index in [9.17, 15) is 4.79 Å². The van der Waals surface area contributed by atoms with Crippen molar-refractivity contribution in [3.63, 3.8) is 0 Å². The highest BCUT2D eigenvalue weighted by molar-refractivity contribution is 7.07. The summed E-state index contributed by atoms with van der Waals surface area (Å²) >= 11 is 1.52. The van der Waals surface area contributed by atoms with Crippen molar-refractivity contribution in [2.45, 2.75) is 39.0 Å². The molecule has 2 aromatic heterocycles. The number of hydrogen-bond donors (Lipinski definition) is 2. The number of carbonyl (C=O) groups excluding carboxylic acids is 1. The van der Waals surface area contributed by atoms with Crippen molar-refractivity contribution < 1.29 is 9.53 Å². The first-order valence-corrected chi connectivity index (χ1v) is 8.53. The minimum atomic E-state index is -0.197. The van der Waals surface area contributed by atoms with E-state index in [2.05, 4.69) is 20.7 Å². The van der Waals surface area contributed by atoms with E-state index in [-0.39, 0.29) is 18.2 Å². The number of aryl methyl sites for hydroxylation is 2. The third-order valence-corrected chi connectivity index (χ3v) is 4.81. The third-order valence-electron chi connectivity index (χ3n) is 4.17. The number of rotatable bonds is 4. The van der Waals surface area contributed by atoms with E-state index in [1.165, 1.54) is 11.3 Å². The SMILES string of the molecule is Cc1nn(C)c(C)c1[C@H]1OCC[C@@H]1NC(=O)NCc1cscn1. The van der Waals surface area contributed by atoms with Crippen LogP contribution in [0.3, 0.4) is 0 Å². The van der Waals surface area contributed by atoms with Crippen LogP contribution in [0.15, 0.2) is 10.9 Å². The van der Waals surface area contributed by atoms with Gasteiger partial charge in [-0.3, -0.25) is 4.68 Å². The molecule has 0 saturated carbocycles. The first-order valence-electron chi connectivity index (χ1n) is 7.59. The molecule has 1 aliphatic rings. The van der Waals surface area contributed by atoms with Gasteiger partial charge in [-0.15, -0.1) is 11.3 Å². The van der Waals surface area contributed by atoms with E-state index in [1.54, 1.807) is 5.51 Å². The van der Waals surface area contributed by atoms with Gasteiger partial charge in [0.1, 0.15) is 6.10 Å². The predicted octanol–water partition coefficient (Wildman–Crippen LogP) is 1.82. The van der Waals surface area contributed by atoms with Crippen LogP contribution in [0.1, 0.15) is 35.2 Å². The molecule has 8 heteroatoms. The molecule has 0 radical (unpaired) electrons. The molecule has 7 nitrogen and oxygen atoms in total. The summed E-state index contributed by atoms with van der Waals surface area (Å²) in [6.45, 7) is 5.06. The van der Waals surface area contributed by atoms with Crippen LogP contribution in [-0.2, 0) is 18.3 Å². The largest absolute Gasteiger partial charge is 0.371 e. The number of hydrogen-bond acceptors (Lipinski definition) is 5. The van der Waals surface area contributed by atoms with Crippen molar-refractivity contribution in [3.8, 4) is 0 Å². The van der Waals surface area contributed by atoms with Crippen LogP contribution in [0.5, 0.6) is 0 Å². The Labute approximate surface area is 139 Å². The van der Waals surface area contributed by atoms with E-state index >= 15 is 0 Å². The van der Waals surface area contributed by atoms with Gasteiger partial charge in [-0.05, 0) is 20.3 Å². The lowest BCUT2D eigenvalue weighted by Crippen LogP contribution is -2.43. The number of aromatic nitrogens is 3. The second-order valence-corrected chi connectivity index (χ2v) is 6.42. The molecule has 0 aromatic carbocycles.